The van der Waals surface area contributed by atoms with Crippen molar-refractivity contribution in [1.82, 2.24) is 4.90 Å². The number of allylic oxidation sites excluding steroid dienone is 1. The van der Waals surface area contributed by atoms with Gasteiger partial charge in [0.15, 0.2) is 6.29 Å². The molecule has 138 valence electrons. The molecule has 0 N–H and O–H groups in total. The Kier molecular flexibility index (Phi) is 14.6. The van der Waals surface area contributed by atoms with Gasteiger partial charge in [0.2, 0.25) is 0 Å². The molecule has 1 rings (SSSR count). The highest BCUT2D eigenvalue weighted by atomic mass is 16.7. The summed E-state index contributed by atoms with van der Waals surface area (Å²) in [5.41, 5.74) is 1.15. The molecule has 0 saturated carbocycles. The van der Waals surface area contributed by atoms with E-state index in [9.17, 15) is 0 Å². The summed E-state index contributed by atoms with van der Waals surface area (Å²) in [5.74, 6) is 0. The van der Waals surface area contributed by atoms with Crippen LogP contribution < -0.4 is 0 Å². The molecule has 1 aliphatic heterocycles. The average molecular weight is 330 g/mol. The number of rotatable bonds is 11. The van der Waals surface area contributed by atoms with Gasteiger partial charge in [-0.1, -0.05) is 33.8 Å². The Morgan fingerprint density at radius 1 is 1.26 bits per heavy atom. The smallest absolute Gasteiger partial charge is 0.157 e. The number of nitrogens with zero attached hydrogens (tertiary/aromatic N) is 1. The van der Waals surface area contributed by atoms with Crippen LogP contribution in [0.3, 0.4) is 0 Å². The molecule has 0 aromatic carbocycles. The van der Waals surface area contributed by atoms with Crippen molar-refractivity contribution in [2.75, 3.05) is 33.5 Å². The molecule has 1 heterocycles. The second-order valence-corrected chi connectivity index (χ2v) is 5.83. The number of hydrogen-bond donors (Lipinski definition) is 0. The molecule has 0 spiro atoms. The first kappa shape index (κ1) is 22.4. The highest BCUT2D eigenvalue weighted by Crippen LogP contribution is 2.20. The van der Waals surface area contributed by atoms with Crippen molar-refractivity contribution in [3.63, 3.8) is 0 Å². The van der Waals surface area contributed by atoms with Gasteiger partial charge >= 0.3 is 0 Å². The minimum atomic E-state index is -0.0878. The minimum Gasteiger partial charge on any atom is -0.377 e. The monoisotopic (exact) mass is 329 g/mol. The van der Waals surface area contributed by atoms with Crippen LogP contribution in [-0.2, 0) is 14.2 Å². The third-order valence-electron chi connectivity index (χ3n) is 4.02. The zero-order valence-corrected chi connectivity index (χ0v) is 16.1. The minimum absolute atomic E-state index is 0.0878. The normalized spacial score (nSPS) is 19.0. The van der Waals surface area contributed by atoms with E-state index in [0.29, 0.717) is 19.3 Å². The summed E-state index contributed by atoms with van der Waals surface area (Å²) in [6.07, 6.45) is 6.92. The van der Waals surface area contributed by atoms with Crippen LogP contribution in [0.15, 0.2) is 12.3 Å². The quantitative estimate of drug-likeness (QED) is 0.409. The predicted octanol–water partition coefficient (Wildman–Crippen LogP) is 4.60. The van der Waals surface area contributed by atoms with E-state index in [1.807, 2.05) is 13.8 Å². The van der Waals surface area contributed by atoms with Crippen LogP contribution in [0.25, 0.3) is 0 Å². The summed E-state index contributed by atoms with van der Waals surface area (Å²) in [5, 5.41) is 0. The largest absolute Gasteiger partial charge is 0.377 e. The first-order chi connectivity index (χ1) is 11.2. The maximum atomic E-state index is 5.79. The Hall–Kier alpha value is -0.580. The van der Waals surface area contributed by atoms with Crippen molar-refractivity contribution in [2.24, 2.45) is 0 Å². The van der Waals surface area contributed by atoms with Crippen LogP contribution >= 0.6 is 0 Å². The van der Waals surface area contributed by atoms with Gasteiger partial charge in [-0.15, -0.1) is 0 Å². The molecule has 0 radical (unpaired) electrons. The summed E-state index contributed by atoms with van der Waals surface area (Å²) >= 11 is 0. The van der Waals surface area contributed by atoms with Gasteiger partial charge in [-0.2, -0.15) is 0 Å². The number of unbranched alkanes of at least 4 members (excludes halogenated alkanes) is 1. The SMILES string of the molecule is C=C(C)N1CCCCC1COCCOC(CCCC)OC.CC. The van der Waals surface area contributed by atoms with Gasteiger partial charge in [0.25, 0.3) is 0 Å². The van der Waals surface area contributed by atoms with Crippen molar-refractivity contribution in [2.45, 2.75) is 78.6 Å². The van der Waals surface area contributed by atoms with Crippen molar-refractivity contribution in [3.8, 4) is 0 Å². The van der Waals surface area contributed by atoms with E-state index < -0.39 is 0 Å². The first-order valence-corrected chi connectivity index (χ1v) is 9.33. The van der Waals surface area contributed by atoms with E-state index in [2.05, 4.69) is 25.3 Å². The molecule has 2 atom stereocenters. The van der Waals surface area contributed by atoms with Crippen molar-refractivity contribution >= 4 is 0 Å². The third kappa shape index (κ3) is 10.0. The molecule has 0 aromatic heterocycles. The third-order valence-corrected chi connectivity index (χ3v) is 4.02. The van der Waals surface area contributed by atoms with Gasteiger partial charge in [-0.05, 0) is 39.0 Å². The lowest BCUT2D eigenvalue weighted by Gasteiger charge is -2.37. The van der Waals surface area contributed by atoms with E-state index in [1.54, 1.807) is 7.11 Å². The lowest BCUT2D eigenvalue weighted by atomic mass is 10.0. The summed E-state index contributed by atoms with van der Waals surface area (Å²) < 4.78 is 16.8. The molecule has 1 saturated heterocycles. The lowest BCUT2D eigenvalue weighted by molar-refractivity contribution is -0.138. The van der Waals surface area contributed by atoms with Gasteiger partial charge in [0.1, 0.15) is 0 Å². The van der Waals surface area contributed by atoms with E-state index in [1.165, 1.54) is 19.3 Å². The van der Waals surface area contributed by atoms with E-state index in [4.69, 9.17) is 14.2 Å². The van der Waals surface area contributed by atoms with Gasteiger partial charge in [0, 0.05) is 19.4 Å². The Balaban J connectivity index is 0.00000232. The van der Waals surface area contributed by atoms with E-state index in [0.717, 1.165) is 38.1 Å². The highest BCUT2D eigenvalue weighted by Gasteiger charge is 2.21. The number of hydrogen-bond acceptors (Lipinski definition) is 4. The molecule has 0 amide bonds. The lowest BCUT2D eigenvalue weighted by Crippen LogP contribution is -2.41. The second-order valence-electron chi connectivity index (χ2n) is 5.83. The van der Waals surface area contributed by atoms with E-state index in [-0.39, 0.29) is 6.29 Å². The summed E-state index contributed by atoms with van der Waals surface area (Å²) in [7, 11) is 1.70. The second kappa shape index (κ2) is 15.0. The van der Waals surface area contributed by atoms with Crippen molar-refractivity contribution in [3.05, 3.63) is 12.3 Å². The predicted molar refractivity (Wildman–Crippen MR) is 97.6 cm³/mol. The maximum Gasteiger partial charge on any atom is 0.157 e. The number of ether oxygens (including phenoxy) is 3. The molecule has 4 nitrogen and oxygen atoms in total. The summed E-state index contributed by atoms with van der Waals surface area (Å²) in [6, 6.07) is 0.481. The molecular weight excluding hydrogens is 290 g/mol. The van der Waals surface area contributed by atoms with Gasteiger partial charge in [-0.25, -0.2) is 0 Å². The van der Waals surface area contributed by atoms with Crippen LogP contribution in [0.5, 0.6) is 0 Å². The van der Waals surface area contributed by atoms with Gasteiger partial charge in [-0.3, -0.25) is 0 Å². The van der Waals surface area contributed by atoms with Crippen LogP contribution in [0.1, 0.15) is 66.2 Å². The Labute approximate surface area is 144 Å². The van der Waals surface area contributed by atoms with Crippen LogP contribution in [0.2, 0.25) is 0 Å². The highest BCUT2D eigenvalue weighted by molar-refractivity contribution is 4.94. The Bertz CT molecular complexity index is 284. The molecule has 1 aliphatic rings. The topological polar surface area (TPSA) is 30.9 Å². The molecule has 1 fully saturated rings. The summed E-state index contributed by atoms with van der Waals surface area (Å²) in [4.78, 5) is 2.38. The average Bonchev–Trinajstić information content (AvgIpc) is 2.59. The number of likely N-dealkylation sites (tertiary alicyclic amines) is 1. The molecule has 0 bridgehead atoms. The van der Waals surface area contributed by atoms with Gasteiger partial charge in [0.05, 0.1) is 25.9 Å². The van der Waals surface area contributed by atoms with Crippen molar-refractivity contribution in [1.29, 1.82) is 0 Å². The molecule has 0 aromatic rings. The number of methoxy groups -OCH3 is 1. The molecule has 4 heteroatoms. The van der Waals surface area contributed by atoms with Crippen LogP contribution in [0, 0.1) is 0 Å². The van der Waals surface area contributed by atoms with E-state index >= 15 is 0 Å². The number of piperidine rings is 1. The standard InChI is InChI=1S/C17H33NO3.C2H6/c1-5-6-10-17(19-4)21-13-12-20-14-16-9-7-8-11-18(16)15(2)3;1-2/h16-17H,2,5-14H2,1,3-4H3;1-2H3. The Morgan fingerprint density at radius 2 is 2.00 bits per heavy atom. The molecule has 0 aliphatic carbocycles. The van der Waals surface area contributed by atoms with Crippen molar-refractivity contribution < 1.29 is 14.2 Å². The fraction of sp³-hybridized carbons (Fsp3) is 0.895. The Morgan fingerprint density at radius 3 is 2.61 bits per heavy atom. The fourth-order valence-electron chi connectivity index (χ4n) is 2.77. The summed E-state index contributed by atoms with van der Waals surface area (Å²) in [6.45, 7) is 15.4. The fourth-order valence-corrected chi connectivity index (χ4v) is 2.77. The first-order valence-electron chi connectivity index (χ1n) is 9.33. The molecule has 2 unspecified atom stereocenters. The zero-order chi connectivity index (χ0) is 17.5. The van der Waals surface area contributed by atoms with Crippen LogP contribution in [0.4, 0.5) is 0 Å². The van der Waals surface area contributed by atoms with Gasteiger partial charge < -0.3 is 19.1 Å². The van der Waals surface area contributed by atoms with Crippen LogP contribution in [-0.4, -0.2) is 50.7 Å². The molecule has 23 heavy (non-hydrogen) atoms. The molecular formula is C19H39NO3. The zero-order valence-electron chi connectivity index (χ0n) is 16.1. The maximum absolute atomic E-state index is 5.79.